The van der Waals surface area contributed by atoms with Crippen LogP contribution in [0.5, 0.6) is 0 Å². The van der Waals surface area contributed by atoms with E-state index in [4.69, 9.17) is 5.73 Å². The van der Waals surface area contributed by atoms with Crippen LogP contribution in [-0.4, -0.2) is 32.2 Å². The molecule has 3 N–H and O–H groups in total. The molecule has 0 aromatic carbocycles. The van der Waals surface area contributed by atoms with E-state index in [0.717, 1.165) is 30.3 Å². The normalized spacial score (nSPS) is 23.7. The van der Waals surface area contributed by atoms with Crippen LogP contribution in [0.15, 0.2) is 12.4 Å². The second-order valence-corrected chi connectivity index (χ2v) is 4.95. The van der Waals surface area contributed by atoms with Gasteiger partial charge in [0.15, 0.2) is 5.82 Å². The van der Waals surface area contributed by atoms with Gasteiger partial charge in [0.05, 0.1) is 0 Å². The van der Waals surface area contributed by atoms with E-state index in [9.17, 15) is 0 Å². The molecule has 1 aliphatic rings. The van der Waals surface area contributed by atoms with Crippen LogP contribution in [0.3, 0.4) is 0 Å². The summed E-state index contributed by atoms with van der Waals surface area (Å²) >= 11 is 0. The quantitative estimate of drug-likeness (QED) is 0.843. The van der Waals surface area contributed by atoms with Crippen LogP contribution < -0.4 is 11.1 Å². The van der Waals surface area contributed by atoms with E-state index in [-0.39, 0.29) is 0 Å². The maximum absolute atomic E-state index is 6.07. The van der Waals surface area contributed by atoms with Crippen molar-refractivity contribution < 1.29 is 0 Å². The summed E-state index contributed by atoms with van der Waals surface area (Å²) in [7, 11) is 0. The van der Waals surface area contributed by atoms with Gasteiger partial charge in [0.1, 0.15) is 5.82 Å². The summed E-state index contributed by atoms with van der Waals surface area (Å²) in [6.45, 7) is 2.79. The lowest BCUT2D eigenvalue weighted by atomic mass is 10.1. The maximum Gasteiger partial charge on any atom is 0.203 e. The summed E-state index contributed by atoms with van der Waals surface area (Å²) in [5.41, 5.74) is 6.85. The molecule has 96 valence electrons. The molecular formula is C12H18N6. The molecule has 2 atom stereocenters. The maximum atomic E-state index is 6.07. The molecule has 2 heterocycles. The Morgan fingerprint density at radius 2 is 2.33 bits per heavy atom. The Hall–Kier alpha value is -1.69. The van der Waals surface area contributed by atoms with E-state index in [2.05, 4.69) is 20.5 Å². The number of hydrogen-bond donors (Lipinski definition) is 2. The first-order valence-corrected chi connectivity index (χ1v) is 6.41. The molecule has 0 aliphatic heterocycles. The van der Waals surface area contributed by atoms with Crippen LogP contribution in [0, 0.1) is 12.8 Å². The van der Waals surface area contributed by atoms with Crippen molar-refractivity contribution >= 4 is 11.5 Å². The van der Waals surface area contributed by atoms with Crippen LogP contribution in [0.4, 0.5) is 5.82 Å². The smallest absolute Gasteiger partial charge is 0.203 e. The molecule has 3 rings (SSSR count). The number of nitrogens with one attached hydrogen (secondary N) is 1. The van der Waals surface area contributed by atoms with Crippen molar-refractivity contribution in [3.05, 3.63) is 18.2 Å². The molecule has 0 bridgehead atoms. The zero-order chi connectivity index (χ0) is 12.5. The van der Waals surface area contributed by atoms with Crippen molar-refractivity contribution in [3.8, 4) is 0 Å². The van der Waals surface area contributed by atoms with Gasteiger partial charge in [-0.2, -0.15) is 0 Å². The molecular weight excluding hydrogens is 228 g/mol. The highest BCUT2D eigenvalue weighted by atomic mass is 15.3. The molecule has 2 unspecified atom stereocenters. The molecule has 0 spiro atoms. The third-order valence-electron chi connectivity index (χ3n) is 3.75. The lowest BCUT2D eigenvalue weighted by molar-refractivity contribution is 0.504. The molecule has 2 aromatic rings. The number of nitrogens with zero attached hydrogens (tertiary/aromatic N) is 4. The van der Waals surface area contributed by atoms with Crippen LogP contribution in [0.1, 0.15) is 25.1 Å². The van der Waals surface area contributed by atoms with Gasteiger partial charge in [0, 0.05) is 25.0 Å². The van der Waals surface area contributed by atoms with Crippen molar-refractivity contribution in [2.45, 2.75) is 32.2 Å². The Labute approximate surface area is 106 Å². The van der Waals surface area contributed by atoms with Gasteiger partial charge in [-0.05, 0) is 25.7 Å². The topological polar surface area (TPSA) is 81.1 Å². The Morgan fingerprint density at radius 1 is 1.44 bits per heavy atom. The van der Waals surface area contributed by atoms with Crippen LogP contribution in [0.2, 0.25) is 0 Å². The lowest BCUT2D eigenvalue weighted by Gasteiger charge is -2.16. The van der Waals surface area contributed by atoms with E-state index in [1.54, 1.807) is 6.20 Å². The Balaban J connectivity index is 1.78. The highest BCUT2D eigenvalue weighted by molar-refractivity contribution is 5.61. The van der Waals surface area contributed by atoms with Crippen LogP contribution in [0.25, 0.3) is 5.65 Å². The highest BCUT2D eigenvalue weighted by Gasteiger charge is 2.23. The standard InChI is InChI=1S/C12H18N6/c1-8-16-17-12-11(14-5-6-18(8)12)15-7-9-3-2-4-10(9)13/h5-6,9-10H,2-4,7,13H2,1H3,(H,14,15). The summed E-state index contributed by atoms with van der Waals surface area (Å²) in [5, 5.41) is 11.6. The van der Waals surface area contributed by atoms with Gasteiger partial charge in [-0.1, -0.05) is 6.42 Å². The molecule has 6 nitrogen and oxygen atoms in total. The van der Waals surface area contributed by atoms with Gasteiger partial charge in [0.2, 0.25) is 5.65 Å². The van der Waals surface area contributed by atoms with Gasteiger partial charge in [0.25, 0.3) is 0 Å². The Morgan fingerprint density at radius 3 is 3.11 bits per heavy atom. The first kappa shape index (κ1) is 11.4. The molecule has 1 aliphatic carbocycles. The molecule has 0 radical (unpaired) electrons. The van der Waals surface area contributed by atoms with Crippen molar-refractivity contribution in [2.75, 3.05) is 11.9 Å². The molecule has 18 heavy (non-hydrogen) atoms. The molecule has 6 heteroatoms. The largest absolute Gasteiger partial charge is 0.367 e. The SMILES string of the molecule is Cc1nnc2c(NCC3CCCC3N)nccn12. The van der Waals surface area contributed by atoms with Gasteiger partial charge >= 0.3 is 0 Å². The molecule has 0 amide bonds. The van der Waals surface area contributed by atoms with E-state index in [0.29, 0.717) is 12.0 Å². The minimum atomic E-state index is 0.317. The lowest BCUT2D eigenvalue weighted by Crippen LogP contribution is -2.29. The first-order chi connectivity index (χ1) is 8.75. The van der Waals surface area contributed by atoms with E-state index >= 15 is 0 Å². The number of aryl methyl sites for hydroxylation is 1. The predicted octanol–water partition coefficient (Wildman–Crippen LogP) is 0.972. The van der Waals surface area contributed by atoms with Gasteiger partial charge in [-0.3, -0.25) is 4.40 Å². The fraction of sp³-hybridized carbons (Fsp3) is 0.583. The summed E-state index contributed by atoms with van der Waals surface area (Å²) < 4.78 is 1.93. The molecule has 2 aromatic heterocycles. The molecule has 1 fully saturated rings. The average Bonchev–Trinajstić information content (AvgIpc) is 2.95. The summed E-state index contributed by atoms with van der Waals surface area (Å²) in [6.07, 6.45) is 7.20. The average molecular weight is 246 g/mol. The van der Waals surface area contributed by atoms with Gasteiger partial charge in [-0.15, -0.1) is 10.2 Å². The summed E-state index contributed by atoms with van der Waals surface area (Å²) in [5.74, 6) is 2.20. The zero-order valence-electron chi connectivity index (χ0n) is 10.5. The predicted molar refractivity (Wildman–Crippen MR) is 69.3 cm³/mol. The van der Waals surface area contributed by atoms with Crippen molar-refractivity contribution in [1.82, 2.24) is 19.6 Å². The zero-order valence-corrected chi connectivity index (χ0v) is 10.5. The van der Waals surface area contributed by atoms with Crippen molar-refractivity contribution in [2.24, 2.45) is 11.7 Å². The van der Waals surface area contributed by atoms with Gasteiger partial charge < -0.3 is 11.1 Å². The second kappa shape index (κ2) is 4.53. The van der Waals surface area contributed by atoms with E-state index < -0.39 is 0 Å². The summed E-state index contributed by atoms with van der Waals surface area (Å²) in [6, 6.07) is 0.317. The number of anilines is 1. The minimum absolute atomic E-state index is 0.317. The Kier molecular flexibility index (Phi) is 2.87. The number of nitrogens with two attached hydrogens (primary N) is 1. The fourth-order valence-corrected chi connectivity index (χ4v) is 2.61. The number of fused-ring (bicyclic) bond motifs is 1. The first-order valence-electron chi connectivity index (χ1n) is 6.41. The third-order valence-corrected chi connectivity index (χ3v) is 3.75. The minimum Gasteiger partial charge on any atom is -0.367 e. The van der Waals surface area contributed by atoms with Gasteiger partial charge in [-0.25, -0.2) is 4.98 Å². The van der Waals surface area contributed by atoms with Crippen LogP contribution >= 0.6 is 0 Å². The number of hydrogen-bond acceptors (Lipinski definition) is 5. The third kappa shape index (κ3) is 1.92. The molecule has 1 saturated carbocycles. The number of aromatic nitrogens is 4. The fourth-order valence-electron chi connectivity index (χ4n) is 2.61. The Bertz CT molecular complexity index is 548. The van der Waals surface area contributed by atoms with Crippen molar-refractivity contribution in [1.29, 1.82) is 0 Å². The number of rotatable bonds is 3. The molecule has 0 saturated heterocycles. The van der Waals surface area contributed by atoms with Crippen molar-refractivity contribution in [3.63, 3.8) is 0 Å². The van der Waals surface area contributed by atoms with E-state index in [1.807, 2.05) is 17.5 Å². The van der Waals surface area contributed by atoms with Crippen LogP contribution in [-0.2, 0) is 0 Å². The summed E-state index contributed by atoms with van der Waals surface area (Å²) in [4.78, 5) is 4.33. The van der Waals surface area contributed by atoms with E-state index in [1.165, 1.54) is 12.8 Å². The highest BCUT2D eigenvalue weighted by Crippen LogP contribution is 2.24. The monoisotopic (exact) mass is 246 g/mol. The second-order valence-electron chi connectivity index (χ2n) is 4.95.